The molecule has 0 bridgehead atoms. The number of aromatic nitrogens is 3. The van der Waals surface area contributed by atoms with Gasteiger partial charge in [0.05, 0.1) is 18.1 Å². The molecule has 1 unspecified atom stereocenters. The maximum absolute atomic E-state index is 12.1. The van der Waals surface area contributed by atoms with Crippen LogP contribution in [0.2, 0.25) is 0 Å². The molecular formula is C17H24N4O3S. The lowest BCUT2D eigenvalue weighted by atomic mass is 10.2. The Balaban J connectivity index is 1.60. The Morgan fingerprint density at radius 3 is 3.04 bits per heavy atom. The van der Waals surface area contributed by atoms with Gasteiger partial charge >= 0.3 is 0 Å². The number of furan rings is 1. The van der Waals surface area contributed by atoms with Crippen molar-refractivity contribution in [2.75, 3.05) is 18.9 Å². The van der Waals surface area contributed by atoms with Crippen molar-refractivity contribution in [1.29, 1.82) is 0 Å². The van der Waals surface area contributed by atoms with Gasteiger partial charge in [-0.25, -0.2) is 0 Å². The Kier molecular flexibility index (Phi) is 6.14. The average Bonchev–Trinajstić information content (AvgIpc) is 3.32. The van der Waals surface area contributed by atoms with E-state index in [1.165, 1.54) is 11.8 Å². The van der Waals surface area contributed by atoms with Gasteiger partial charge in [-0.3, -0.25) is 9.36 Å². The zero-order valence-corrected chi connectivity index (χ0v) is 15.4. The number of rotatable bonds is 8. The first-order valence-corrected chi connectivity index (χ1v) is 9.60. The molecule has 0 aromatic carbocycles. The summed E-state index contributed by atoms with van der Waals surface area (Å²) in [6, 6.07) is 3.69. The van der Waals surface area contributed by atoms with Gasteiger partial charge in [0.2, 0.25) is 5.91 Å². The summed E-state index contributed by atoms with van der Waals surface area (Å²) in [5.74, 6) is 2.10. The highest BCUT2D eigenvalue weighted by Crippen LogP contribution is 2.25. The second-order valence-corrected chi connectivity index (χ2v) is 7.46. The SMILES string of the molecule is CC(C)Cn1c(SCC(=O)NCC2CCCO2)nnc1-c1ccco1. The number of hydrogen-bond acceptors (Lipinski definition) is 6. The smallest absolute Gasteiger partial charge is 0.230 e. The summed E-state index contributed by atoms with van der Waals surface area (Å²) in [5, 5.41) is 12.1. The molecule has 136 valence electrons. The Bertz CT molecular complexity index is 678. The van der Waals surface area contributed by atoms with E-state index >= 15 is 0 Å². The molecule has 1 atom stereocenters. The number of thioether (sulfide) groups is 1. The highest BCUT2D eigenvalue weighted by Gasteiger charge is 2.19. The average molecular weight is 364 g/mol. The Morgan fingerprint density at radius 1 is 1.48 bits per heavy atom. The van der Waals surface area contributed by atoms with Crippen LogP contribution in [0.1, 0.15) is 26.7 Å². The summed E-state index contributed by atoms with van der Waals surface area (Å²) in [4.78, 5) is 12.1. The number of amides is 1. The topological polar surface area (TPSA) is 82.2 Å². The summed E-state index contributed by atoms with van der Waals surface area (Å²) in [7, 11) is 0. The molecule has 2 aromatic rings. The van der Waals surface area contributed by atoms with Crippen LogP contribution in [0.3, 0.4) is 0 Å². The summed E-state index contributed by atoms with van der Waals surface area (Å²) < 4.78 is 13.0. The van der Waals surface area contributed by atoms with E-state index in [-0.39, 0.29) is 12.0 Å². The van der Waals surface area contributed by atoms with Crippen molar-refractivity contribution in [3.05, 3.63) is 18.4 Å². The van der Waals surface area contributed by atoms with Crippen LogP contribution in [0.15, 0.2) is 28.0 Å². The van der Waals surface area contributed by atoms with Gasteiger partial charge in [0.1, 0.15) is 0 Å². The molecule has 1 amide bonds. The third kappa shape index (κ3) is 4.85. The molecule has 2 aromatic heterocycles. The molecule has 1 aliphatic heterocycles. The van der Waals surface area contributed by atoms with Crippen molar-refractivity contribution in [3.63, 3.8) is 0 Å². The molecule has 8 heteroatoms. The van der Waals surface area contributed by atoms with Crippen LogP contribution < -0.4 is 5.32 Å². The highest BCUT2D eigenvalue weighted by molar-refractivity contribution is 7.99. The van der Waals surface area contributed by atoms with Gasteiger partial charge in [-0.05, 0) is 30.9 Å². The Hall–Kier alpha value is -1.80. The van der Waals surface area contributed by atoms with Crippen LogP contribution in [0, 0.1) is 5.92 Å². The Morgan fingerprint density at radius 2 is 2.36 bits per heavy atom. The summed E-state index contributed by atoms with van der Waals surface area (Å²) in [6.45, 7) is 6.41. The van der Waals surface area contributed by atoms with Crippen molar-refractivity contribution >= 4 is 17.7 Å². The van der Waals surface area contributed by atoms with Crippen molar-refractivity contribution in [3.8, 4) is 11.6 Å². The summed E-state index contributed by atoms with van der Waals surface area (Å²) in [5.41, 5.74) is 0. The fourth-order valence-corrected chi connectivity index (χ4v) is 3.51. The normalized spacial score (nSPS) is 17.3. The van der Waals surface area contributed by atoms with Gasteiger partial charge in [-0.1, -0.05) is 25.6 Å². The van der Waals surface area contributed by atoms with E-state index < -0.39 is 0 Å². The van der Waals surface area contributed by atoms with E-state index in [4.69, 9.17) is 9.15 Å². The van der Waals surface area contributed by atoms with Crippen LogP contribution in [0.4, 0.5) is 0 Å². The zero-order valence-electron chi connectivity index (χ0n) is 14.6. The number of ether oxygens (including phenoxy) is 1. The van der Waals surface area contributed by atoms with E-state index in [2.05, 4.69) is 29.4 Å². The zero-order chi connectivity index (χ0) is 17.6. The van der Waals surface area contributed by atoms with Crippen LogP contribution in [0.25, 0.3) is 11.6 Å². The number of hydrogen-bond donors (Lipinski definition) is 1. The minimum absolute atomic E-state index is 0.0147. The van der Waals surface area contributed by atoms with Crippen molar-refractivity contribution < 1.29 is 13.9 Å². The molecule has 0 saturated carbocycles. The van der Waals surface area contributed by atoms with E-state index in [1.54, 1.807) is 6.26 Å². The van der Waals surface area contributed by atoms with Crippen molar-refractivity contribution in [2.45, 2.75) is 44.5 Å². The first-order valence-electron chi connectivity index (χ1n) is 8.61. The number of nitrogens with zero attached hydrogens (tertiary/aromatic N) is 3. The lowest BCUT2D eigenvalue weighted by Crippen LogP contribution is -2.33. The molecule has 0 radical (unpaired) electrons. The molecule has 3 rings (SSSR count). The van der Waals surface area contributed by atoms with Gasteiger partial charge in [0.15, 0.2) is 16.7 Å². The molecule has 1 saturated heterocycles. The number of nitrogens with one attached hydrogen (secondary N) is 1. The van der Waals surface area contributed by atoms with Gasteiger partial charge in [0.25, 0.3) is 0 Å². The van der Waals surface area contributed by atoms with Crippen LogP contribution in [-0.4, -0.2) is 45.7 Å². The quantitative estimate of drug-likeness (QED) is 0.725. The molecule has 1 fully saturated rings. The maximum atomic E-state index is 12.1. The number of carbonyl (C=O) groups excluding carboxylic acids is 1. The van der Waals surface area contributed by atoms with Gasteiger partial charge in [-0.15, -0.1) is 10.2 Å². The standard InChI is InChI=1S/C17H24N4O3S/c1-12(2)10-21-16(14-6-4-8-24-14)19-20-17(21)25-11-15(22)18-9-13-5-3-7-23-13/h4,6,8,12-13H,3,5,7,9-11H2,1-2H3,(H,18,22). The highest BCUT2D eigenvalue weighted by atomic mass is 32.2. The van der Waals surface area contributed by atoms with E-state index in [0.29, 0.717) is 29.8 Å². The first-order chi connectivity index (χ1) is 12.1. The van der Waals surface area contributed by atoms with Gasteiger partial charge in [-0.2, -0.15) is 0 Å². The van der Waals surface area contributed by atoms with Crippen molar-refractivity contribution in [1.82, 2.24) is 20.1 Å². The predicted molar refractivity (Wildman–Crippen MR) is 95.3 cm³/mol. The molecule has 3 heterocycles. The second-order valence-electron chi connectivity index (χ2n) is 6.52. The Labute approximate surface area is 151 Å². The maximum Gasteiger partial charge on any atom is 0.230 e. The molecule has 0 aliphatic carbocycles. The summed E-state index contributed by atoms with van der Waals surface area (Å²) >= 11 is 1.39. The third-order valence-electron chi connectivity index (χ3n) is 3.89. The third-order valence-corrected chi connectivity index (χ3v) is 4.86. The minimum Gasteiger partial charge on any atom is -0.461 e. The van der Waals surface area contributed by atoms with Crippen LogP contribution in [0.5, 0.6) is 0 Å². The monoisotopic (exact) mass is 364 g/mol. The fourth-order valence-electron chi connectivity index (χ4n) is 2.73. The number of carbonyl (C=O) groups is 1. The van der Waals surface area contributed by atoms with Crippen LogP contribution in [-0.2, 0) is 16.1 Å². The molecular weight excluding hydrogens is 340 g/mol. The largest absolute Gasteiger partial charge is 0.461 e. The second kappa shape index (κ2) is 8.53. The molecule has 1 aliphatic rings. The lowest BCUT2D eigenvalue weighted by Gasteiger charge is -2.12. The lowest BCUT2D eigenvalue weighted by molar-refractivity contribution is -0.119. The molecule has 0 spiro atoms. The van der Waals surface area contributed by atoms with E-state index in [0.717, 1.165) is 31.1 Å². The first kappa shape index (κ1) is 18.0. The van der Waals surface area contributed by atoms with E-state index in [9.17, 15) is 4.79 Å². The van der Waals surface area contributed by atoms with Crippen LogP contribution >= 0.6 is 11.8 Å². The predicted octanol–water partition coefficient (Wildman–Crippen LogP) is 2.58. The molecule has 7 nitrogen and oxygen atoms in total. The van der Waals surface area contributed by atoms with Gasteiger partial charge < -0.3 is 14.5 Å². The molecule has 25 heavy (non-hydrogen) atoms. The van der Waals surface area contributed by atoms with Crippen molar-refractivity contribution in [2.24, 2.45) is 5.92 Å². The van der Waals surface area contributed by atoms with Gasteiger partial charge in [0, 0.05) is 19.7 Å². The fraction of sp³-hybridized carbons (Fsp3) is 0.588. The summed E-state index contributed by atoms with van der Waals surface area (Å²) in [6.07, 6.45) is 3.87. The van der Waals surface area contributed by atoms with E-state index in [1.807, 2.05) is 16.7 Å². The molecule has 1 N–H and O–H groups in total. The minimum atomic E-state index is -0.0147.